The third-order valence-corrected chi connectivity index (χ3v) is 6.14. The molecule has 1 amide bonds. The van der Waals surface area contributed by atoms with E-state index in [1.807, 2.05) is 60.4 Å². The highest BCUT2D eigenvalue weighted by atomic mass is 16.5. The molecule has 1 aromatic heterocycles. The van der Waals surface area contributed by atoms with Crippen molar-refractivity contribution in [2.75, 3.05) is 39.8 Å². The number of aromatic nitrogens is 1. The van der Waals surface area contributed by atoms with Crippen LogP contribution >= 0.6 is 0 Å². The predicted molar refractivity (Wildman–Crippen MR) is 120 cm³/mol. The maximum Gasteiger partial charge on any atom is 0.256 e. The van der Waals surface area contributed by atoms with Crippen molar-refractivity contribution in [2.24, 2.45) is 0 Å². The van der Waals surface area contributed by atoms with Crippen LogP contribution in [0.1, 0.15) is 23.0 Å². The smallest absolute Gasteiger partial charge is 0.256 e. The molecule has 30 heavy (non-hydrogen) atoms. The second-order valence-corrected chi connectivity index (χ2v) is 7.82. The number of ether oxygens (including phenoxy) is 1. The molecule has 0 atom stereocenters. The second-order valence-electron chi connectivity index (χ2n) is 7.82. The van der Waals surface area contributed by atoms with E-state index < -0.39 is 0 Å². The lowest BCUT2D eigenvalue weighted by atomic mass is 10.1. The fraction of sp³-hybridized carbons (Fsp3) is 0.320. The van der Waals surface area contributed by atoms with Gasteiger partial charge in [0.25, 0.3) is 5.91 Å². The minimum Gasteiger partial charge on any atom is -0.497 e. The predicted octanol–water partition coefficient (Wildman–Crippen LogP) is 2.82. The van der Waals surface area contributed by atoms with Crippen LogP contribution in [0, 0.1) is 6.92 Å². The van der Waals surface area contributed by atoms with Gasteiger partial charge in [0.05, 0.1) is 51.1 Å². The number of rotatable bonds is 5. The van der Waals surface area contributed by atoms with Crippen molar-refractivity contribution in [3.63, 3.8) is 0 Å². The normalized spacial score (nSPS) is 14.7. The molecule has 0 bridgehead atoms. The van der Waals surface area contributed by atoms with E-state index >= 15 is 0 Å². The zero-order valence-corrected chi connectivity index (χ0v) is 18.0. The highest BCUT2D eigenvalue weighted by Gasteiger charge is 2.27. The number of likely N-dealkylation sites (N-methyl/N-ethyl adjacent to an activating group) is 1. The molecule has 1 aliphatic rings. The third kappa shape index (κ3) is 3.85. The Bertz CT molecular complexity index is 1000. The van der Waals surface area contributed by atoms with Crippen molar-refractivity contribution in [3.8, 4) is 22.7 Å². The molecule has 1 saturated heterocycles. The summed E-state index contributed by atoms with van der Waals surface area (Å²) in [5.74, 6) is 0.952. The van der Waals surface area contributed by atoms with Crippen LogP contribution in [0.5, 0.6) is 5.75 Å². The average molecular weight is 405 g/mol. The Morgan fingerprint density at radius 3 is 2.30 bits per heavy atom. The van der Waals surface area contributed by atoms with Crippen molar-refractivity contribution in [2.45, 2.75) is 13.8 Å². The second kappa shape index (κ2) is 8.76. The van der Waals surface area contributed by atoms with E-state index in [1.165, 1.54) is 0 Å². The largest absolute Gasteiger partial charge is 0.497 e. The molecule has 3 aromatic rings. The Labute approximate surface area is 178 Å². The fourth-order valence-electron chi connectivity index (χ4n) is 4.26. The lowest BCUT2D eigenvalue weighted by Crippen LogP contribution is -3.14. The number of amides is 1. The standard InChI is InChI=1S/C25H29N3O2/c1-4-26-14-16-27(17-15-26)25(29)23-18-24(20-10-12-22(30-3)13-11-20)28(19(23)2)21-8-6-5-7-9-21/h5-13,18H,4,14-17H2,1-3H3/p+1. The van der Waals surface area contributed by atoms with E-state index in [1.54, 1.807) is 12.0 Å². The molecule has 0 spiro atoms. The number of carbonyl (C=O) groups is 1. The van der Waals surface area contributed by atoms with Crippen molar-refractivity contribution >= 4 is 5.91 Å². The Morgan fingerprint density at radius 1 is 1.03 bits per heavy atom. The van der Waals surface area contributed by atoms with Crippen LogP contribution in [0.3, 0.4) is 0 Å². The van der Waals surface area contributed by atoms with Gasteiger partial charge in [-0.1, -0.05) is 18.2 Å². The van der Waals surface area contributed by atoms with Crippen LogP contribution in [0.2, 0.25) is 0 Å². The van der Waals surface area contributed by atoms with E-state index in [-0.39, 0.29) is 5.91 Å². The van der Waals surface area contributed by atoms with Gasteiger partial charge in [-0.25, -0.2) is 0 Å². The maximum atomic E-state index is 13.4. The van der Waals surface area contributed by atoms with Crippen molar-refractivity contribution in [1.29, 1.82) is 0 Å². The molecule has 5 nitrogen and oxygen atoms in total. The fourth-order valence-corrected chi connectivity index (χ4v) is 4.26. The lowest BCUT2D eigenvalue weighted by molar-refractivity contribution is -0.902. The molecule has 156 valence electrons. The van der Waals surface area contributed by atoms with Crippen molar-refractivity contribution < 1.29 is 14.4 Å². The zero-order chi connectivity index (χ0) is 21.1. The Balaban J connectivity index is 1.75. The monoisotopic (exact) mass is 404 g/mol. The van der Waals surface area contributed by atoms with Crippen LogP contribution in [-0.2, 0) is 0 Å². The summed E-state index contributed by atoms with van der Waals surface area (Å²) < 4.78 is 7.50. The number of hydrogen-bond donors (Lipinski definition) is 1. The topological polar surface area (TPSA) is 38.9 Å². The van der Waals surface area contributed by atoms with Gasteiger partial charge in [0.1, 0.15) is 5.75 Å². The molecular formula is C25H30N3O2+. The molecule has 0 radical (unpaired) electrons. The summed E-state index contributed by atoms with van der Waals surface area (Å²) in [4.78, 5) is 17.0. The summed E-state index contributed by atoms with van der Waals surface area (Å²) in [6.45, 7) is 9.04. The van der Waals surface area contributed by atoms with Gasteiger partial charge < -0.3 is 19.1 Å². The highest BCUT2D eigenvalue weighted by molar-refractivity contribution is 5.97. The number of methoxy groups -OCH3 is 1. The van der Waals surface area contributed by atoms with Gasteiger partial charge in [0, 0.05) is 11.4 Å². The molecule has 5 heteroatoms. The Morgan fingerprint density at radius 2 is 1.70 bits per heavy atom. The summed E-state index contributed by atoms with van der Waals surface area (Å²) in [5, 5.41) is 0. The Kier molecular flexibility index (Phi) is 5.91. The minimum absolute atomic E-state index is 0.132. The maximum absolute atomic E-state index is 13.4. The number of para-hydroxylation sites is 1. The van der Waals surface area contributed by atoms with Gasteiger partial charge >= 0.3 is 0 Å². The van der Waals surface area contributed by atoms with Crippen molar-refractivity contribution in [1.82, 2.24) is 9.47 Å². The summed E-state index contributed by atoms with van der Waals surface area (Å²) in [6, 6.07) is 20.3. The molecular weight excluding hydrogens is 374 g/mol. The first-order valence-corrected chi connectivity index (χ1v) is 10.7. The number of benzene rings is 2. The Hall–Kier alpha value is -3.05. The molecule has 0 saturated carbocycles. The molecule has 1 fully saturated rings. The van der Waals surface area contributed by atoms with Crippen molar-refractivity contribution in [3.05, 3.63) is 71.9 Å². The zero-order valence-electron chi connectivity index (χ0n) is 18.0. The van der Waals surface area contributed by atoms with Gasteiger partial charge in [-0.2, -0.15) is 0 Å². The SMILES string of the molecule is CC[NH+]1CCN(C(=O)c2cc(-c3ccc(OC)cc3)n(-c3ccccc3)c2C)CC1. The average Bonchev–Trinajstić information content (AvgIpc) is 3.16. The molecule has 2 aromatic carbocycles. The third-order valence-electron chi connectivity index (χ3n) is 6.14. The van der Waals surface area contributed by atoms with Gasteiger partial charge in [-0.3, -0.25) is 4.79 Å². The first kappa shape index (κ1) is 20.2. The number of quaternary nitrogens is 1. The van der Waals surface area contributed by atoms with Gasteiger partial charge in [-0.15, -0.1) is 0 Å². The minimum atomic E-state index is 0.132. The van der Waals surface area contributed by atoms with Crippen LogP contribution < -0.4 is 9.64 Å². The van der Waals surface area contributed by atoms with Crippen LogP contribution in [-0.4, -0.2) is 55.2 Å². The summed E-state index contributed by atoms with van der Waals surface area (Å²) in [6.07, 6.45) is 0. The number of piperazine rings is 1. The van der Waals surface area contributed by atoms with E-state index in [4.69, 9.17) is 4.74 Å². The summed E-state index contributed by atoms with van der Waals surface area (Å²) in [5.41, 5.74) is 4.89. The van der Waals surface area contributed by atoms with E-state index in [2.05, 4.69) is 23.6 Å². The molecule has 0 unspecified atom stereocenters. The molecule has 4 rings (SSSR count). The van der Waals surface area contributed by atoms with E-state index in [0.717, 1.165) is 66.7 Å². The number of nitrogens with one attached hydrogen (secondary N) is 1. The molecule has 1 aliphatic heterocycles. The highest BCUT2D eigenvalue weighted by Crippen LogP contribution is 2.31. The van der Waals surface area contributed by atoms with Crippen LogP contribution in [0.15, 0.2) is 60.7 Å². The van der Waals surface area contributed by atoms with Crippen LogP contribution in [0.25, 0.3) is 16.9 Å². The van der Waals surface area contributed by atoms with E-state index in [9.17, 15) is 4.79 Å². The van der Waals surface area contributed by atoms with Gasteiger partial charge in [0.2, 0.25) is 0 Å². The molecule has 1 N–H and O–H groups in total. The van der Waals surface area contributed by atoms with Gasteiger partial charge in [-0.05, 0) is 61.9 Å². The number of carbonyl (C=O) groups excluding carboxylic acids is 1. The number of hydrogen-bond acceptors (Lipinski definition) is 2. The summed E-state index contributed by atoms with van der Waals surface area (Å²) in [7, 11) is 1.67. The first-order valence-electron chi connectivity index (χ1n) is 10.7. The number of nitrogens with zero attached hydrogens (tertiary/aromatic N) is 2. The van der Waals surface area contributed by atoms with Gasteiger partial charge in [0.15, 0.2) is 0 Å². The van der Waals surface area contributed by atoms with Crippen LogP contribution in [0.4, 0.5) is 0 Å². The van der Waals surface area contributed by atoms with E-state index in [0.29, 0.717) is 0 Å². The summed E-state index contributed by atoms with van der Waals surface area (Å²) >= 11 is 0. The first-order chi connectivity index (χ1) is 14.6. The lowest BCUT2D eigenvalue weighted by Gasteiger charge is -2.31. The molecule has 0 aliphatic carbocycles. The molecule has 2 heterocycles. The quantitative estimate of drug-likeness (QED) is 0.710.